The highest BCUT2D eigenvalue weighted by atomic mass is 35.5. The molecular formula is C13H14ClN3O. The maximum Gasteiger partial charge on any atom is 0.255 e. The molecule has 0 amide bonds. The van der Waals surface area contributed by atoms with Crippen molar-refractivity contribution in [1.82, 2.24) is 14.8 Å². The van der Waals surface area contributed by atoms with Crippen molar-refractivity contribution in [3.8, 4) is 5.82 Å². The van der Waals surface area contributed by atoms with E-state index in [4.69, 9.17) is 11.6 Å². The number of pyridine rings is 1. The van der Waals surface area contributed by atoms with Crippen LogP contribution in [0.25, 0.3) is 5.82 Å². The Labute approximate surface area is 111 Å². The van der Waals surface area contributed by atoms with E-state index in [-0.39, 0.29) is 0 Å². The molecule has 0 aliphatic carbocycles. The molecule has 0 atom stereocenters. The quantitative estimate of drug-likeness (QED) is 0.797. The van der Waals surface area contributed by atoms with Crippen LogP contribution < -0.4 is 0 Å². The zero-order chi connectivity index (χ0) is 13.1. The summed E-state index contributed by atoms with van der Waals surface area (Å²) in [4.78, 5) is 15.5. The minimum atomic E-state index is -0.499. The van der Waals surface area contributed by atoms with Gasteiger partial charge in [0.25, 0.3) is 5.24 Å². The molecule has 0 bridgehead atoms. The number of hydrogen-bond acceptors (Lipinski definition) is 3. The number of hydrogen-bond donors (Lipinski definition) is 0. The van der Waals surface area contributed by atoms with Crippen LogP contribution in [0.5, 0.6) is 0 Å². The Balaban J connectivity index is 2.34. The second kappa shape index (κ2) is 5.31. The van der Waals surface area contributed by atoms with E-state index in [0.29, 0.717) is 17.1 Å². The Morgan fingerprint density at radius 2 is 2.17 bits per heavy atom. The van der Waals surface area contributed by atoms with Crippen LogP contribution in [-0.4, -0.2) is 20.0 Å². The van der Waals surface area contributed by atoms with E-state index in [9.17, 15) is 4.79 Å². The van der Waals surface area contributed by atoms with Crippen LogP contribution in [0.1, 0.15) is 35.0 Å². The highest BCUT2D eigenvalue weighted by Crippen LogP contribution is 2.14. The second-order valence-electron chi connectivity index (χ2n) is 4.10. The van der Waals surface area contributed by atoms with Gasteiger partial charge in [0.15, 0.2) is 5.82 Å². The van der Waals surface area contributed by atoms with Crippen molar-refractivity contribution in [3.63, 3.8) is 0 Å². The van der Waals surface area contributed by atoms with E-state index in [0.717, 1.165) is 12.8 Å². The number of rotatable bonds is 4. The zero-order valence-electron chi connectivity index (χ0n) is 10.4. The Morgan fingerprint density at radius 3 is 2.67 bits per heavy atom. The Hall–Kier alpha value is -1.68. The first kappa shape index (κ1) is 12.8. The molecule has 0 spiro atoms. The number of nitrogens with zero attached hydrogens (tertiary/aromatic N) is 3. The number of aryl methyl sites for hydroxylation is 1. The summed E-state index contributed by atoms with van der Waals surface area (Å²) in [5.74, 6) is 0.691. The lowest BCUT2D eigenvalue weighted by Gasteiger charge is -2.04. The normalized spacial score (nSPS) is 10.6. The van der Waals surface area contributed by atoms with Crippen molar-refractivity contribution in [1.29, 1.82) is 0 Å². The fraction of sp³-hybridized carbons (Fsp3) is 0.308. The van der Waals surface area contributed by atoms with E-state index in [1.807, 2.05) is 18.3 Å². The molecule has 0 aromatic carbocycles. The van der Waals surface area contributed by atoms with Crippen LogP contribution in [0.2, 0.25) is 0 Å². The Morgan fingerprint density at radius 1 is 1.39 bits per heavy atom. The third-order valence-corrected chi connectivity index (χ3v) is 2.99. The molecule has 0 saturated heterocycles. The summed E-state index contributed by atoms with van der Waals surface area (Å²) in [5.41, 5.74) is 2.31. The molecule has 18 heavy (non-hydrogen) atoms. The summed E-state index contributed by atoms with van der Waals surface area (Å²) in [6.45, 7) is 3.92. The molecule has 0 aliphatic heterocycles. The molecule has 0 radical (unpaired) electrons. The van der Waals surface area contributed by atoms with Crippen LogP contribution >= 0.6 is 11.6 Å². The molecule has 0 aliphatic rings. The lowest BCUT2D eigenvalue weighted by atomic mass is 10.2. The van der Waals surface area contributed by atoms with Gasteiger partial charge < -0.3 is 0 Å². The van der Waals surface area contributed by atoms with Crippen LogP contribution in [-0.2, 0) is 6.42 Å². The van der Waals surface area contributed by atoms with Gasteiger partial charge in [-0.3, -0.25) is 4.79 Å². The van der Waals surface area contributed by atoms with Crippen molar-refractivity contribution in [3.05, 3.63) is 41.3 Å². The molecule has 94 valence electrons. The van der Waals surface area contributed by atoms with Crippen molar-refractivity contribution in [2.24, 2.45) is 0 Å². The minimum absolute atomic E-state index is 0.413. The molecule has 0 fully saturated rings. The van der Waals surface area contributed by atoms with Crippen molar-refractivity contribution in [2.45, 2.75) is 26.7 Å². The summed E-state index contributed by atoms with van der Waals surface area (Å²) in [6.07, 6.45) is 5.40. The molecule has 4 nitrogen and oxygen atoms in total. The summed E-state index contributed by atoms with van der Waals surface area (Å²) in [6, 6.07) is 3.92. The fourth-order valence-corrected chi connectivity index (χ4v) is 2.00. The van der Waals surface area contributed by atoms with E-state index in [1.165, 1.54) is 11.8 Å². The largest absolute Gasteiger partial charge is 0.275 e. The first-order valence-corrected chi connectivity index (χ1v) is 6.21. The third-order valence-electron chi connectivity index (χ3n) is 2.79. The van der Waals surface area contributed by atoms with Crippen LogP contribution in [0.15, 0.2) is 24.5 Å². The van der Waals surface area contributed by atoms with E-state index in [1.54, 1.807) is 11.6 Å². The van der Waals surface area contributed by atoms with Gasteiger partial charge in [-0.2, -0.15) is 5.10 Å². The van der Waals surface area contributed by atoms with Crippen molar-refractivity contribution < 1.29 is 4.79 Å². The van der Waals surface area contributed by atoms with Gasteiger partial charge in [-0.25, -0.2) is 9.67 Å². The molecule has 5 heteroatoms. The molecule has 2 heterocycles. The smallest absolute Gasteiger partial charge is 0.255 e. The number of carbonyl (C=O) groups excluding carboxylic acids is 1. The predicted octanol–water partition coefficient (Wildman–Crippen LogP) is 2.91. The maximum atomic E-state index is 11.1. The molecule has 2 aromatic heterocycles. The fourth-order valence-electron chi connectivity index (χ4n) is 1.81. The van der Waals surface area contributed by atoms with E-state index >= 15 is 0 Å². The Kier molecular flexibility index (Phi) is 3.77. The third kappa shape index (κ3) is 2.43. The molecular weight excluding hydrogens is 250 g/mol. The highest BCUT2D eigenvalue weighted by Gasteiger charge is 2.13. The number of carbonyl (C=O) groups is 1. The summed E-state index contributed by atoms with van der Waals surface area (Å²) >= 11 is 5.46. The second-order valence-corrected chi connectivity index (χ2v) is 4.45. The van der Waals surface area contributed by atoms with Crippen LogP contribution in [0, 0.1) is 6.92 Å². The SMILES string of the molecule is CCCc1ccc(-n2ncc(C(=O)Cl)c2C)nc1. The van der Waals surface area contributed by atoms with E-state index < -0.39 is 5.24 Å². The first-order valence-electron chi connectivity index (χ1n) is 5.83. The topological polar surface area (TPSA) is 47.8 Å². The first-order chi connectivity index (χ1) is 8.63. The van der Waals surface area contributed by atoms with Gasteiger partial charge in [-0.15, -0.1) is 0 Å². The number of halogens is 1. The van der Waals surface area contributed by atoms with Crippen molar-refractivity contribution >= 4 is 16.8 Å². The lowest BCUT2D eigenvalue weighted by molar-refractivity contribution is 0.108. The van der Waals surface area contributed by atoms with Gasteiger partial charge in [0, 0.05) is 6.20 Å². The molecule has 2 rings (SSSR count). The van der Waals surface area contributed by atoms with E-state index in [2.05, 4.69) is 17.0 Å². The molecule has 0 N–H and O–H groups in total. The lowest BCUT2D eigenvalue weighted by Crippen LogP contribution is -2.03. The molecule has 0 saturated carbocycles. The summed E-state index contributed by atoms with van der Waals surface area (Å²) < 4.78 is 1.62. The van der Waals surface area contributed by atoms with Crippen molar-refractivity contribution in [2.75, 3.05) is 0 Å². The van der Waals surface area contributed by atoms with Gasteiger partial charge in [0.2, 0.25) is 0 Å². The van der Waals surface area contributed by atoms with Gasteiger partial charge in [0.05, 0.1) is 17.5 Å². The standard InChI is InChI=1S/C13H14ClN3O/c1-3-4-10-5-6-12(15-7-10)17-9(2)11(8-16-17)13(14)18/h5-8H,3-4H2,1-2H3. The summed E-state index contributed by atoms with van der Waals surface area (Å²) in [7, 11) is 0. The van der Waals surface area contributed by atoms with Gasteiger partial charge in [-0.1, -0.05) is 19.4 Å². The van der Waals surface area contributed by atoms with Crippen LogP contribution in [0.4, 0.5) is 0 Å². The molecule has 2 aromatic rings. The maximum absolute atomic E-state index is 11.1. The summed E-state index contributed by atoms with van der Waals surface area (Å²) in [5, 5.41) is 3.63. The zero-order valence-corrected chi connectivity index (χ0v) is 11.1. The average Bonchev–Trinajstić information content (AvgIpc) is 2.73. The molecule has 0 unspecified atom stereocenters. The monoisotopic (exact) mass is 263 g/mol. The minimum Gasteiger partial charge on any atom is -0.275 e. The van der Waals surface area contributed by atoms with Gasteiger partial charge >= 0.3 is 0 Å². The average molecular weight is 264 g/mol. The Bertz CT molecular complexity index is 560. The van der Waals surface area contributed by atoms with Crippen LogP contribution in [0.3, 0.4) is 0 Å². The van der Waals surface area contributed by atoms with Gasteiger partial charge in [-0.05, 0) is 36.6 Å². The highest BCUT2D eigenvalue weighted by molar-refractivity contribution is 6.67. The van der Waals surface area contributed by atoms with Gasteiger partial charge in [0.1, 0.15) is 0 Å². The number of aromatic nitrogens is 3. The predicted molar refractivity (Wildman–Crippen MR) is 70.3 cm³/mol.